The second-order valence-electron chi connectivity index (χ2n) is 3.51. The lowest BCUT2D eigenvalue weighted by molar-refractivity contribution is 0.477. The van der Waals surface area contributed by atoms with Crippen LogP contribution in [-0.2, 0) is 0 Å². The van der Waals surface area contributed by atoms with E-state index >= 15 is 0 Å². The van der Waals surface area contributed by atoms with Gasteiger partial charge in [0.2, 0.25) is 0 Å². The molecule has 0 radical (unpaired) electrons. The molecule has 17 heavy (non-hydrogen) atoms. The molecule has 0 unspecified atom stereocenters. The van der Waals surface area contributed by atoms with Crippen molar-refractivity contribution < 1.29 is 5.11 Å². The molecule has 0 saturated carbocycles. The van der Waals surface area contributed by atoms with Gasteiger partial charge in [0.25, 0.3) is 0 Å². The predicted molar refractivity (Wildman–Crippen MR) is 66.5 cm³/mol. The van der Waals surface area contributed by atoms with E-state index in [1.807, 2.05) is 0 Å². The minimum Gasteiger partial charge on any atom is -0.507 e. The van der Waals surface area contributed by atoms with E-state index in [9.17, 15) is 5.11 Å². The van der Waals surface area contributed by atoms with Crippen molar-refractivity contribution in [2.45, 2.75) is 0 Å². The third kappa shape index (κ3) is 1.76. The maximum Gasteiger partial charge on any atom is 0.181 e. The second kappa shape index (κ2) is 3.81. The van der Waals surface area contributed by atoms with Crippen molar-refractivity contribution in [1.29, 1.82) is 0 Å². The van der Waals surface area contributed by atoms with Gasteiger partial charge < -0.3 is 10.1 Å². The zero-order chi connectivity index (χ0) is 11.8. The number of aromatic nitrogens is 4. The fourth-order valence-corrected chi connectivity index (χ4v) is 1.95. The molecular formula is C11H7BrN4O. The van der Waals surface area contributed by atoms with E-state index in [0.717, 1.165) is 9.99 Å². The molecule has 3 rings (SSSR count). The number of aromatic hydroxyl groups is 1. The first-order chi connectivity index (χ1) is 8.24. The molecule has 84 valence electrons. The normalized spacial score (nSPS) is 10.9. The highest BCUT2D eigenvalue weighted by Gasteiger charge is 2.10. The first kappa shape index (κ1) is 10.2. The van der Waals surface area contributed by atoms with E-state index in [1.54, 1.807) is 24.4 Å². The third-order valence-corrected chi connectivity index (χ3v) is 2.87. The van der Waals surface area contributed by atoms with Gasteiger partial charge >= 0.3 is 0 Å². The van der Waals surface area contributed by atoms with Crippen LogP contribution in [0.2, 0.25) is 0 Å². The summed E-state index contributed by atoms with van der Waals surface area (Å²) in [5.74, 6) is 0.736. The van der Waals surface area contributed by atoms with Crippen LogP contribution in [0.15, 0.2) is 35.2 Å². The number of aromatic amines is 1. The summed E-state index contributed by atoms with van der Waals surface area (Å²) in [7, 11) is 0. The molecule has 0 aliphatic carbocycles. The number of imidazole rings is 1. The molecule has 0 aliphatic rings. The lowest BCUT2D eigenvalue weighted by Gasteiger charge is -2.00. The molecule has 1 aromatic carbocycles. The number of nitrogens with zero attached hydrogens (tertiary/aromatic N) is 3. The lowest BCUT2D eigenvalue weighted by atomic mass is 10.2. The van der Waals surface area contributed by atoms with E-state index in [1.165, 1.54) is 6.33 Å². The van der Waals surface area contributed by atoms with Crippen molar-refractivity contribution in [3.63, 3.8) is 0 Å². The van der Waals surface area contributed by atoms with Gasteiger partial charge in [0, 0.05) is 4.47 Å². The highest BCUT2D eigenvalue weighted by molar-refractivity contribution is 9.10. The van der Waals surface area contributed by atoms with E-state index in [4.69, 9.17) is 0 Å². The molecule has 0 saturated heterocycles. The molecule has 3 aromatic rings. The highest BCUT2D eigenvalue weighted by Crippen LogP contribution is 2.30. The minimum atomic E-state index is 0.167. The predicted octanol–water partition coefficient (Wildman–Crippen LogP) is 2.49. The van der Waals surface area contributed by atoms with Gasteiger partial charge in [0.15, 0.2) is 5.65 Å². The monoisotopic (exact) mass is 290 g/mol. The number of hydrogen-bond acceptors (Lipinski definition) is 4. The van der Waals surface area contributed by atoms with E-state index in [-0.39, 0.29) is 5.75 Å². The van der Waals surface area contributed by atoms with Gasteiger partial charge in [-0.15, -0.1) is 0 Å². The number of phenols is 1. The third-order valence-electron chi connectivity index (χ3n) is 2.38. The quantitative estimate of drug-likeness (QED) is 0.722. The Morgan fingerprint density at radius 3 is 3.00 bits per heavy atom. The van der Waals surface area contributed by atoms with Crippen LogP contribution < -0.4 is 0 Å². The van der Waals surface area contributed by atoms with Crippen molar-refractivity contribution >= 4 is 27.1 Å². The van der Waals surface area contributed by atoms with E-state index < -0.39 is 0 Å². The number of H-pyrrole nitrogens is 1. The zero-order valence-corrected chi connectivity index (χ0v) is 10.1. The van der Waals surface area contributed by atoms with Crippen molar-refractivity contribution in [1.82, 2.24) is 19.9 Å². The number of halogens is 1. The van der Waals surface area contributed by atoms with Gasteiger partial charge in [-0.05, 0) is 18.2 Å². The molecule has 0 atom stereocenters. The summed E-state index contributed by atoms with van der Waals surface area (Å²) in [6.45, 7) is 0. The van der Waals surface area contributed by atoms with Gasteiger partial charge in [-0.1, -0.05) is 15.9 Å². The molecular weight excluding hydrogens is 284 g/mol. The number of nitrogens with one attached hydrogen (secondary N) is 1. The highest BCUT2D eigenvalue weighted by atomic mass is 79.9. The number of hydrogen-bond donors (Lipinski definition) is 2. The SMILES string of the molecule is Oc1ccc(Br)cc1-c1nc2ncncc2[nH]1. The Labute approximate surface area is 105 Å². The van der Waals surface area contributed by atoms with Gasteiger partial charge in [-0.3, -0.25) is 0 Å². The summed E-state index contributed by atoms with van der Waals surface area (Å²) >= 11 is 3.36. The Balaban J connectivity index is 2.23. The summed E-state index contributed by atoms with van der Waals surface area (Å²) in [6, 6.07) is 5.17. The van der Waals surface area contributed by atoms with Gasteiger partial charge in [-0.2, -0.15) is 0 Å². The maximum atomic E-state index is 9.80. The van der Waals surface area contributed by atoms with Gasteiger partial charge in [0.1, 0.15) is 23.4 Å². The van der Waals surface area contributed by atoms with Crippen LogP contribution in [0.1, 0.15) is 0 Å². The molecule has 2 heterocycles. The molecule has 0 aliphatic heterocycles. The van der Waals surface area contributed by atoms with Crippen molar-refractivity contribution in [3.05, 3.63) is 35.2 Å². The van der Waals surface area contributed by atoms with Crippen molar-refractivity contribution in [2.75, 3.05) is 0 Å². The van der Waals surface area contributed by atoms with Crippen LogP contribution >= 0.6 is 15.9 Å². The Morgan fingerprint density at radius 1 is 1.29 bits per heavy atom. The summed E-state index contributed by atoms with van der Waals surface area (Å²) in [5, 5.41) is 9.80. The molecule has 0 spiro atoms. The van der Waals surface area contributed by atoms with Crippen molar-refractivity contribution in [2.24, 2.45) is 0 Å². The Morgan fingerprint density at radius 2 is 2.18 bits per heavy atom. The Hall–Kier alpha value is -1.95. The average Bonchev–Trinajstić information content (AvgIpc) is 2.75. The van der Waals surface area contributed by atoms with Crippen LogP contribution in [0, 0.1) is 0 Å². The average molecular weight is 291 g/mol. The van der Waals surface area contributed by atoms with Gasteiger partial charge in [-0.25, -0.2) is 15.0 Å². The summed E-state index contributed by atoms with van der Waals surface area (Å²) in [5.41, 5.74) is 1.94. The van der Waals surface area contributed by atoms with Crippen LogP contribution in [0.3, 0.4) is 0 Å². The zero-order valence-electron chi connectivity index (χ0n) is 8.55. The van der Waals surface area contributed by atoms with E-state index in [2.05, 4.69) is 35.9 Å². The standard InChI is InChI=1S/C11H7BrN4O/c12-6-1-2-9(17)7(3-6)10-15-8-4-13-5-14-11(8)16-10/h1-5,17H,(H,13,14,15,16). The number of phenolic OH excluding ortho intramolecular Hbond substituents is 1. The van der Waals surface area contributed by atoms with Crippen LogP contribution in [0.4, 0.5) is 0 Å². The molecule has 6 heteroatoms. The van der Waals surface area contributed by atoms with E-state index in [0.29, 0.717) is 17.0 Å². The first-order valence-corrected chi connectivity index (χ1v) is 5.68. The summed E-state index contributed by atoms with van der Waals surface area (Å²) in [4.78, 5) is 15.3. The molecule has 0 bridgehead atoms. The smallest absolute Gasteiger partial charge is 0.181 e. The van der Waals surface area contributed by atoms with Crippen LogP contribution in [0.5, 0.6) is 5.75 Å². The molecule has 0 amide bonds. The van der Waals surface area contributed by atoms with Crippen LogP contribution in [-0.4, -0.2) is 25.0 Å². The molecule has 5 nitrogen and oxygen atoms in total. The Kier molecular flexibility index (Phi) is 2.29. The largest absolute Gasteiger partial charge is 0.507 e. The molecule has 2 aromatic heterocycles. The maximum absolute atomic E-state index is 9.80. The lowest BCUT2D eigenvalue weighted by Crippen LogP contribution is -1.81. The fraction of sp³-hybridized carbons (Fsp3) is 0. The van der Waals surface area contributed by atoms with Crippen molar-refractivity contribution in [3.8, 4) is 17.1 Å². The molecule has 2 N–H and O–H groups in total. The van der Waals surface area contributed by atoms with Crippen LogP contribution in [0.25, 0.3) is 22.6 Å². The first-order valence-electron chi connectivity index (χ1n) is 4.88. The number of fused-ring (bicyclic) bond motifs is 1. The summed E-state index contributed by atoms with van der Waals surface area (Å²) < 4.78 is 0.872. The number of benzene rings is 1. The number of rotatable bonds is 1. The minimum absolute atomic E-state index is 0.167. The second-order valence-corrected chi connectivity index (χ2v) is 4.42. The molecule has 0 fully saturated rings. The summed E-state index contributed by atoms with van der Waals surface area (Å²) in [6.07, 6.45) is 3.08. The Bertz CT molecular complexity index is 662. The topological polar surface area (TPSA) is 74.7 Å². The fourth-order valence-electron chi connectivity index (χ4n) is 1.59. The van der Waals surface area contributed by atoms with Gasteiger partial charge in [0.05, 0.1) is 11.8 Å².